The topological polar surface area (TPSA) is 108 Å². The highest BCUT2D eigenvalue weighted by molar-refractivity contribution is 5.74. The Morgan fingerprint density at radius 2 is 1.90 bits per heavy atom. The fourth-order valence-electron chi connectivity index (χ4n) is 2.01. The van der Waals surface area contributed by atoms with Crippen molar-refractivity contribution >= 4 is 11.9 Å². The van der Waals surface area contributed by atoms with E-state index in [0.717, 1.165) is 17.6 Å². The van der Waals surface area contributed by atoms with E-state index in [9.17, 15) is 9.59 Å². The van der Waals surface area contributed by atoms with Crippen molar-refractivity contribution in [2.24, 2.45) is 17.7 Å². The molecule has 1 aliphatic rings. The van der Waals surface area contributed by atoms with Gasteiger partial charge in [0.1, 0.15) is 0 Å². The van der Waals surface area contributed by atoms with E-state index in [1.807, 2.05) is 19.1 Å². The van der Waals surface area contributed by atoms with E-state index in [1.54, 1.807) is 4.90 Å². The lowest BCUT2D eigenvalue weighted by Gasteiger charge is -2.22. The van der Waals surface area contributed by atoms with Gasteiger partial charge in [-0.05, 0) is 18.9 Å². The number of hydrogen-bond acceptors (Lipinski definition) is 7. The van der Waals surface area contributed by atoms with Gasteiger partial charge < -0.3 is 9.68 Å². The monoisotopic (exact) mass is 295 g/mol. The predicted octanol–water partition coefficient (Wildman–Crippen LogP) is 0.201. The Balaban J connectivity index is 2.64. The lowest BCUT2D eigenvalue weighted by Crippen LogP contribution is -2.38. The van der Waals surface area contributed by atoms with E-state index in [0.29, 0.717) is 12.5 Å². The second-order valence-electron chi connectivity index (χ2n) is 4.95. The molecule has 0 fully saturated rings. The minimum absolute atomic E-state index is 0.124. The van der Waals surface area contributed by atoms with Crippen LogP contribution in [-0.2, 0) is 19.3 Å². The summed E-state index contributed by atoms with van der Waals surface area (Å²) in [4.78, 5) is 32.3. The quantitative estimate of drug-likeness (QED) is 0.510. The van der Waals surface area contributed by atoms with E-state index in [4.69, 9.17) is 11.8 Å². The first kappa shape index (κ1) is 17.1. The van der Waals surface area contributed by atoms with Gasteiger partial charge in [0.15, 0.2) is 0 Å². The number of hydrogen-bond donors (Lipinski definition) is 2. The lowest BCUT2D eigenvalue weighted by molar-refractivity contribution is -0.149. The van der Waals surface area contributed by atoms with E-state index in [1.165, 1.54) is 0 Å². The number of rotatable bonds is 7. The van der Waals surface area contributed by atoms with Crippen LogP contribution in [0.3, 0.4) is 0 Å². The molecule has 0 saturated carbocycles. The smallest absolute Gasteiger partial charge is 0.338 e. The van der Waals surface area contributed by atoms with Crippen LogP contribution < -0.4 is 11.8 Å². The highest BCUT2D eigenvalue weighted by Crippen LogP contribution is 2.22. The Labute approximate surface area is 123 Å². The molecule has 0 bridgehead atoms. The minimum atomic E-state index is -0.639. The van der Waals surface area contributed by atoms with Gasteiger partial charge in [-0.25, -0.2) is 9.59 Å². The molecule has 0 aromatic heterocycles. The van der Waals surface area contributed by atoms with E-state index in [-0.39, 0.29) is 13.1 Å². The van der Waals surface area contributed by atoms with Crippen LogP contribution in [-0.4, -0.2) is 36.5 Å². The summed E-state index contributed by atoms with van der Waals surface area (Å²) in [5.41, 5.74) is 2.08. The molecule has 0 aliphatic heterocycles. The molecule has 1 unspecified atom stereocenters. The number of allylic oxidation sites excluding steroid dienone is 3. The number of carbonyl (C=O) groups excluding carboxylic acids is 2. The fraction of sp³-hybridized carbons (Fsp3) is 0.429. The van der Waals surface area contributed by atoms with Gasteiger partial charge in [0.25, 0.3) is 0 Å². The van der Waals surface area contributed by atoms with Gasteiger partial charge in [-0.2, -0.15) is 11.8 Å². The molecule has 1 aliphatic carbocycles. The summed E-state index contributed by atoms with van der Waals surface area (Å²) in [6.07, 6.45) is 6.90. The summed E-state index contributed by atoms with van der Waals surface area (Å²) < 4.78 is 0. The van der Waals surface area contributed by atoms with Crippen molar-refractivity contribution in [3.8, 4) is 0 Å². The second kappa shape index (κ2) is 8.35. The molecule has 0 aromatic carbocycles. The zero-order valence-corrected chi connectivity index (χ0v) is 12.1. The first-order valence-corrected chi connectivity index (χ1v) is 6.50. The molecular weight excluding hydrogens is 274 g/mol. The zero-order valence-electron chi connectivity index (χ0n) is 12.1. The third-order valence-electron chi connectivity index (χ3n) is 3.18. The number of carbonyl (C=O) groups is 2. The van der Waals surface area contributed by atoms with Crippen molar-refractivity contribution in [1.82, 2.24) is 4.90 Å². The summed E-state index contributed by atoms with van der Waals surface area (Å²) >= 11 is 0. The molecule has 0 radical (unpaired) electrons. The molecule has 0 heterocycles. The predicted molar refractivity (Wildman–Crippen MR) is 77.1 cm³/mol. The van der Waals surface area contributed by atoms with E-state index in [2.05, 4.69) is 22.3 Å². The maximum absolute atomic E-state index is 11.3. The van der Waals surface area contributed by atoms with Gasteiger partial charge >= 0.3 is 11.9 Å². The summed E-state index contributed by atoms with van der Waals surface area (Å²) in [6.45, 7) is 6.05. The fourth-order valence-corrected chi connectivity index (χ4v) is 2.01. The lowest BCUT2D eigenvalue weighted by atomic mass is 9.91. The maximum atomic E-state index is 11.3. The van der Waals surface area contributed by atoms with Gasteiger partial charge in [0, 0.05) is 12.5 Å². The van der Waals surface area contributed by atoms with Gasteiger partial charge in [0.2, 0.25) is 0 Å². The highest BCUT2D eigenvalue weighted by Gasteiger charge is 2.18. The maximum Gasteiger partial charge on any atom is 0.338 e. The summed E-state index contributed by atoms with van der Waals surface area (Å²) in [6, 6.07) is 0. The van der Waals surface area contributed by atoms with Gasteiger partial charge in [0.05, 0.1) is 13.1 Å². The molecule has 116 valence electrons. The van der Waals surface area contributed by atoms with Crippen LogP contribution in [0.2, 0.25) is 0 Å². The highest BCUT2D eigenvalue weighted by atomic mass is 16.7. The van der Waals surface area contributed by atoms with Crippen LogP contribution in [0.1, 0.15) is 13.3 Å². The summed E-state index contributed by atoms with van der Waals surface area (Å²) in [5.74, 6) is 8.67. The molecule has 0 amide bonds. The number of nitrogens with zero attached hydrogens (tertiary/aromatic N) is 1. The Morgan fingerprint density at radius 3 is 2.29 bits per heavy atom. The van der Waals surface area contributed by atoms with Crippen LogP contribution in [0.4, 0.5) is 0 Å². The molecule has 0 spiro atoms. The van der Waals surface area contributed by atoms with E-state index >= 15 is 0 Å². The minimum Gasteiger partial charge on any atom is -0.372 e. The van der Waals surface area contributed by atoms with Gasteiger partial charge in [-0.15, -0.1) is 0 Å². The Hall–Kier alpha value is -1.96. The van der Waals surface area contributed by atoms with Crippen LogP contribution in [0.5, 0.6) is 0 Å². The molecule has 21 heavy (non-hydrogen) atoms. The van der Waals surface area contributed by atoms with Crippen LogP contribution >= 0.6 is 0 Å². The third-order valence-corrected chi connectivity index (χ3v) is 3.18. The van der Waals surface area contributed by atoms with E-state index < -0.39 is 11.9 Å². The van der Waals surface area contributed by atoms with Crippen molar-refractivity contribution in [3.63, 3.8) is 0 Å². The normalized spacial score (nSPS) is 17.3. The first-order valence-electron chi connectivity index (χ1n) is 6.50. The molecule has 4 N–H and O–H groups in total. The second-order valence-corrected chi connectivity index (χ2v) is 4.95. The number of nitrogens with two attached hydrogens (primary N) is 2. The molecule has 7 heteroatoms. The van der Waals surface area contributed by atoms with Gasteiger partial charge in [-0.3, -0.25) is 4.90 Å². The first-order chi connectivity index (χ1) is 9.96. The molecule has 7 nitrogen and oxygen atoms in total. The average Bonchev–Trinajstić information content (AvgIpc) is 2.47. The van der Waals surface area contributed by atoms with Crippen molar-refractivity contribution in [2.75, 3.05) is 19.6 Å². The van der Waals surface area contributed by atoms with Crippen LogP contribution in [0.15, 0.2) is 36.0 Å². The van der Waals surface area contributed by atoms with Crippen LogP contribution in [0.25, 0.3) is 0 Å². The Bertz CT molecular complexity index is 453. The van der Waals surface area contributed by atoms with Crippen molar-refractivity contribution < 1.29 is 19.3 Å². The zero-order chi connectivity index (χ0) is 15.8. The third kappa shape index (κ3) is 5.90. The summed E-state index contributed by atoms with van der Waals surface area (Å²) in [7, 11) is 0. The van der Waals surface area contributed by atoms with Crippen molar-refractivity contribution in [3.05, 3.63) is 36.0 Å². The van der Waals surface area contributed by atoms with Gasteiger partial charge in [-0.1, -0.05) is 30.4 Å². The molecule has 1 rings (SSSR count). The van der Waals surface area contributed by atoms with Crippen molar-refractivity contribution in [2.45, 2.75) is 13.3 Å². The van der Waals surface area contributed by atoms with Crippen LogP contribution in [0, 0.1) is 5.92 Å². The largest absolute Gasteiger partial charge is 0.372 e. The molecular formula is C14H21N3O4. The SMILES string of the molecule is C=C(C)C1C=CC(CN(CC(=O)ON)CC(=O)ON)=CC1. The summed E-state index contributed by atoms with van der Waals surface area (Å²) in [5, 5.41) is 0. The Kier molecular flexibility index (Phi) is 6.80. The Morgan fingerprint density at radius 1 is 1.33 bits per heavy atom. The molecule has 1 atom stereocenters. The standard InChI is InChI=1S/C14H21N3O4/c1-10(2)12-5-3-11(4-6-12)7-17(8-13(18)20-15)9-14(19)21-16/h3-5,12H,1,6-9,15-16H2,2H3. The van der Waals surface area contributed by atoms with Crippen molar-refractivity contribution in [1.29, 1.82) is 0 Å². The molecule has 0 saturated heterocycles. The average molecular weight is 295 g/mol. The molecule has 0 aromatic rings.